The van der Waals surface area contributed by atoms with Crippen LogP contribution in [0.5, 0.6) is 5.75 Å². The maximum Gasteiger partial charge on any atom is 0.226 e. The number of benzene rings is 2. The third-order valence-corrected chi connectivity index (χ3v) is 6.52. The summed E-state index contributed by atoms with van der Waals surface area (Å²) >= 11 is 6.09. The first-order valence-electron chi connectivity index (χ1n) is 9.92. The SMILES string of the molecule is CCOc1ccc(-c2nc(CS(=O)(=O)CC(=O)CCc3ccccc3Cl)c(C)o2)cc1. The molecule has 0 bridgehead atoms. The number of ether oxygens (including phenoxy) is 1. The van der Waals surface area contributed by atoms with Crippen LogP contribution >= 0.6 is 11.6 Å². The monoisotopic (exact) mass is 461 g/mol. The van der Waals surface area contributed by atoms with E-state index in [0.717, 1.165) is 11.3 Å². The molecule has 164 valence electrons. The summed E-state index contributed by atoms with van der Waals surface area (Å²) in [5, 5.41) is 0.568. The zero-order valence-electron chi connectivity index (χ0n) is 17.4. The summed E-state index contributed by atoms with van der Waals surface area (Å²) in [7, 11) is -3.68. The first-order valence-corrected chi connectivity index (χ1v) is 12.1. The Morgan fingerprint density at radius 2 is 1.84 bits per heavy atom. The van der Waals surface area contributed by atoms with Crippen molar-refractivity contribution in [1.29, 1.82) is 0 Å². The van der Waals surface area contributed by atoms with Gasteiger partial charge in [0.15, 0.2) is 9.84 Å². The predicted molar refractivity (Wildman–Crippen MR) is 120 cm³/mol. The molecular formula is C23H24ClNO5S. The summed E-state index contributed by atoms with van der Waals surface area (Å²) in [6.07, 6.45) is 0.511. The third kappa shape index (κ3) is 6.42. The summed E-state index contributed by atoms with van der Waals surface area (Å²) in [5.74, 6) is 0.228. The van der Waals surface area contributed by atoms with Crippen LogP contribution in [0.1, 0.15) is 30.4 Å². The minimum atomic E-state index is -3.68. The molecule has 31 heavy (non-hydrogen) atoms. The summed E-state index contributed by atoms with van der Waals surface area (Å²) < 4.78 is 36.2. The summed E-state index contributed by atoms with van der Waals surface area (Å²) in [6, 6.07) is 14.4. The highest BCUT2D eigenvalue weighted by molar-refractivity contribution is 7.91. The van der Waals surface area contributed by atoms with E-state index in [1.165, 1.54) is 0 Å². The number of carbonyl (C=O) groups is 1. The number of halogens is 1. The Bertz CT molecular complexity index is 1150. The van der Waals surface area contributed by atoms with Crippen LogP contribution < -0.4 is 4.74 Å². The van der Waals surface area contributed by atoms with Crippen molar-refractivity contribution < 1.29 is 22.4 Å². The van der Waals surface area contributed by atoms with Gasteiger partial charge in [-0.3, -0.25) is 4.79 Å². The highest BCUT2D eigenvalue weighted by Gasteiger charge is 2.22. The Kier molecular flexibility index (Phi) is 7.51. The molecule has 3 aromatic rings. The van der Waals surface area contributed by atoms with Gasteiger partial charge >= 0.3 is 0 Å². The molecule has 1 heterocycles. The van der Waals surface area contributed by atoms with Gasteiger partial charge in [0.2, 0.25) is 5.89 Å². The van der Waals surface area contributed by atoms with Gasteiger partial charge < -0.3 is 9.15 Å². The van der Waals surface area contributed by atoms with Gasteiger partial charge in [-0.1, -0.05) is 29.8 Å². The zero-order chi connectivity index (χ0) is 22.4. The van der Waals surface area contributed by atoms with Crippen LogP contribution in [0.4, 0.5) is 0 Å². The number of nitrogens with zero attached hydrogens (tertiary/aromatic N) is 1. The number of aromatic nitrogens is 1. The predicted octanol–water partition coefficient (Wildman–Crippen LogP) is 4.82. The van der Waals surface area contributed by atoms with Gasteiger partial charge in [0.25, 0.3) is 0 Å². The highest BCUT2D eigenvalue weighted by atomic mass is 35.5. The van der Waals surface area contributed by atoms with Crippen molar-refractivity contribution in [2.24, 2.45) is 0 Å². The van der Waals surface area contributed by atoms with Gasteiger partial charge in [-0.2, -0.15) is 0 Å². The van der Waals surface area contributed by atoms with E-state index in [4.69, 9.17) is 20.8 Å². The van der Waals surface area contributed by atoms with Crippen LogP contribution in [0.25, 0.3) is 11.5 Å². The molecule has 0 unspecified atom stereocenters. The minimum Gasteiger partial charge on any atom is -0.494 e. The Labute approximate surface area is 187 Å². The molecule has 0 N–H and O–H groups in total. The number of rotatable bonds is 10. The lowest BCUT2D eigenvalue weighted by Gasteiger charge is -2.05. The van der Waals surface area contributed by atoms with Crippen molar-refractivity contribution in [3.63, 3.8) is 0 Å². The van der Waals surface area contributed by atoms with E-state index in [0.29, 0.717) is 41.0 Å². The van der Waals surface area contributed by atoms with E-state index in [1.807, 2.05) is 19.1 Å². The Morgan fingerprint density at radius 3 is 2.52 bits per heavy atom. The highest BCUT2D eigenvalue weighted by Crippen LogP contribution is 2.25. The number of hydrogen-bond donors (Lipinski definition) is 0. The van der Waals surface area contributed by atoms with Crippen molar-refractivity contribution in [1.82, 2.24) is 4.98 Å². The van der Waals surface area contributed by atoms with E-state index in [-0.39, 0.29) is 18.0 Å². The summed E-state index contributed by atoms with van der Waals surface area (Å²) in [6.45, 7) is 4.13. The Balaban J connectivity index is 1.63. The van der Waals surface area contributed by atoms with Gasteiger partial charge in [0.1, 0.15) is 23.0 Å². The molecule has 2 aromatic carbocycles. The van der Waals surface area contributed by atoms with Crippen LogP contribution in [0.3, 0.4) is 0 Å². The average molecular weight is 462 g/mol. The largest absolute Gasteiger partial charge is 0.494 e. The lowest BCUT2D eigenvalue weighted by molar-refractivity contribution is -0.116. The molecule has 0 saturated heterocycles. The molecule has 1 aromatic heterocycles. The van der Waals surface area contributed by atoms with Crippen molar-refractivity contribution in [2.75, 3.05) is 12.4 Å². The van der Waals surface area contributed by atoms with Crippen LogP contribution in [-0.4, -0.2) is 31.5 Å². The number of sulfone groups is 1. The van der Waals surface area contributed by atoms with Crippen LogP contribution in [0, 0.1) is 6.92 Å². The van der Waals surface area contributed by atoms with Gasteiger partial charge in [0, 0.05) is 17.0 Å². The number of oxazole rings is 1. The molecule has 0 aliphatic carbocycles. The molecule has 0 amide bonds. The Hall–Kier alpha value is -2.64. The number of carbonyl (C=O) groups excluding carboxylic acids is 1. The van der Waals surface area contributed by atoms with Gasteiger partial charge in [0.05, 0.1) is 18.1 Å². The molecule has 0 radical (unpaired) electrons. The van der Waals surface area contributed by atoms with E-state index in [2.05, 4.69) is 4.98 Å². The second-order valence-electron chi connectivity index (χ2n) is 7.14. The topological polar surface area (TPSA) is 86.5 Å². The van der Waals surface area contributed by atoms with Gasteiger partial charge in [-0.25, -0.2) is 13.4 Å². The van der Waals surface area contributed by atoms with Crippen LogP contribution in [0.15, 0.2) is 52.9 Å². The van der Waals surface area contributed by atoms with Crippen molar-refractivity contribution in [3.05, 3.63) is 70.6 Å². The quantitative estimate of drug-likeness (QED) is 0.430. The molecule has 0 spiro atoms. The maximum atomic E-state index is 12.6. The zero-order valence-corrected chi connectivity index (χ0v) is 19.0. The molecule has 6 nitrogen and oxygen atoms in total. The molecule has 0 saturated carbocycles. The van der Waals surface area contributed by atoms with E-state index >= 15 is 0 Å². The Morgan fingerprint density at radius 1 is 1.13 bits per heavy atom. The minimum absolute atomic E-state index is 0.109. The molecule has 3 rings (SSSR count). The first-order chi connectivity index (χ1) is 14.8. The molecule has 0 aliphatic heterocycles. The van der Waals surface area contributed by atoms with Crippen LogP contribution in [0.2, 0.25) is 5.02 Å². The third-order valence-electron chi connectivity index (χ3n) is 4.67. The lowest BCUT2D eigenvalue weighted by Crippen LogP contribution is -2.18. The van der Waals surface area contributed by atoms with Crippen LogP contribution in [-0.2, 0) is 26.8 Å². The molecule has 0 fully saturated rings. The summed E-state index contributed by atoms with van der Waals surface area (Å²) in [5.41, 5.74) is 1.84. The number of hydrogen-bond acceptors (Lipinski definition) is 6. The standard InChI is InChI=1S/C23H24ClNO5S/c1-3-29-20-12-9-18(10-13-20)23-25-22(16(2)30-23)15-31(27,28)14-19(26)11-8-17-6-4-5-7-21(17)24/h4-7,9-10,12-13H,3,8,11,14-15H2,1-2H3. The summed E-state index contributed by atoms with van der Waals surface area (Å²) in [4.78, 5) is 16.6. The van der Waals surface area contributed by atoms with E-state index in [9.17, 15) is 13.2 Å². The first kappa shape index (κ1) is 23.0. The van der Waals surface area contributed by atoms with Gasteiger partial charge in [-0.05, 0) is 56.2 Å². The second-order valence-corrected chi connectivity index (χ2v) is 9.61. The fraction of sp³-hybridized carbons (Fsp3) is 0.304. The maximum absolute atomic E-state index is 12.6. The molecular weight excluding hydrogens is 438 g/mol. The average Bonchev–Trinajstić information content (AvgIpc) is 3.07. The van der Waals surface area contributed by atoms with E-state index in [1.54, 1.807) is 43.3 Å². The lowest BCUT2D eigenvalue weighted by atomic mass is 10.1. The smallest absolute Gasteiger partial charge is 0.226 e. The fourth-order valence-electron chi connectivity index (χ4n) is 3.10. The van der Waals surface area contributed by atoms with Gasteiger partial charge in [-0.15, -0.1) is 0 Å². The van der Waals surface area contributed by atoms with Crippen molar-refractivity contribution in [2.45, 2.75) is 32.4 Å². The van der Waals surface area contributed by atoms with Crippen molar-refractivity contribution in [3.8, 4) is 17.2 Å². The molecule has 8 heteroatoms. The molecule has 0 atom stereocenters. The number of aryl methyl sites for hydroxylation is 2. The number of ketones is 1. The second kappa shape index (κ2) is 10.1. The normalized spacial score (nSPS) is 11.5. The molecule has 0 aliphatic rings. The fourth-order valence-corrected chi connectivity index (χ4v) is 4.75. The van der Waals surface area contributed by atoms with E-state index < -0.39 is 15.6 Å². The number of Topliss-reactive ketones (excluding diaryl/α,β-unsaturated/α-hetero) is 1. The van der Waals surface area contributed by atoms with Crippen molar-refractivity contribution >= 4 is 27.2 Å².